The summed E-state index contributed by atoms with van der Waals surface area (Å²) in [6, 6.07) is 8.72. The highest BCUT2D eigenvalue weighted by molar-refractivity contribution is 5.65. The number of rotatable bonds is 1. The standard InChI is InChI=1S/C11H4N3O/c12-6-8-1-2-9(7-13)10(5-8)11-14-3-4-15-11/h1-2,4-5H. The quantitative estimate of drug-likeness (QED) is 0.694. The lowest BCUT2D eigenvalue weighted by Gasteiger charge is -1.98. The van der Waals surface area contributed by atoms with Crippen LogP contribution in [0.15, 0.2) is 28.9 Å². The number of aromatic nitrogens is 1. The van der Waals surface area contributed by atoms with E-state index in [1.54, 1.807) is 18.2 Å². The molecule has 4 heteroatoms. The fraction of sp³-hybridized carbons (Fsp3) is 0. The Hall–Kier alpha value is -2.59. The summed E-state index contributed by atoms with van der Waals surface area (Å²) in [6.45, 7) is 0. The third-order valence-corrected chi connectivity index (χ3v) is 1.89. The molecule has 0 unspecified atom stereocenters. The molecule has 15 heavy (non-hydrogen) atoms. The van der Waals surface area contributed by atoms with Gasteiger partial charge in [-0.1, -0.05) is 0 Å². The van der Waals surface area contributed by atoms with E-state index in [9.17, 15) is 0 Å². The second-order valence-electron chi connectivity index (χ2n) is 2.77. The molecule has 2 rings (SSSR count). The fourth-order valence-electron chi connectivity index (χ4n) is 1.21. The average Bonchev–Trinajstić information content (AvgIpc) is 2.81. The first kappa shape index (κ1) is 8.98. The molecule has 1 aromatic carbocycles. The van der Waals surface area contributed by atoms with Gasteiger partial charge in [-0.2, -0.15) is 10.5 Å². The number of hydrogen-bond acceptors (Lipinski definition) is 4. The SMILES string of the molecule is N#Cc1ccc(C#N)c(-c2n[c]co2)c1. The smallest absolute Gasteiger partial charge is 0.227 e. The van der Waals surface area contributed by atoms with Gasteiger partial charge in [0.25, 0.3) is 0 Å². The summed E-state index contributed by atoms with van der Waals surface area (Å²) < 4.78 is 5.03. The van der Waals surface area contributed by atoms with E-state index in [2.05, 4.69) is 11.2 Å². The highest BCUT2D eigenvalue weighted by Gasteiger charge is 2.09. The zero-order chi connectivity index (χ0) is 10.7. The molecule has 0 N–H and O–H groups in total. The molecule has 1 heterocycles. The number of nitrogens with zero attached hydrogens (tertiary/aromatic N) is 3. The molecular weight excluding hydrogens is 190 g/mol. The Kier molecular flexibility index (Phi) is 2.19. The monoisotopic (exact) mass is 194 g/mol. The molecule has 0 saturated heterocycles. The molecule has 0 atom stereocenters. The van der Waals surface area contributed by atoms with Crippen molar-refractivity contribution in [2.45, 2.75) is 0 Å². The molecule has 1 aromatic heterocycles. The van der Waals surface area contributed by atoms with Gasteiger partial charge in [0.05, 0.1) is 28.8 Å². The topological polar surface area (TPSA) is 73.6 Å². The molecule has 0 aliphatic carbocycles. The highest BCUT2D eigenvalue weighted by atomic mass is 16.3. The van der Waals surface area contributed by atoms with Crippen LogP contribution in [0.2, 0.25) is 0 Å². The second kappa shape index (κ2) is 3.65. The molecule has 0 amide bonds. The van der Waals surface area contributed by atoms with E-state index >= 15 is 0 Å². The zero-order valence-corrected chi connectivity index (χ0v) is 7.56. The van der Waals surface area contributed by atoms with Crippen molar-refractivity contribution in [1.29, 1.82) is 10.5 Å². The van der Waals surface area contributed by atoms with Crippen molar-refractivity contribution in [2.75, 3.05) is 0 Å². The average molecular weight is 194 g/mol. The summed E-state index contributed by atoms with van der Waals surface area (Å²) in [6.07, 6.45) is 3.81. The molecule has 0 spiro atoms. The lowest BCUT2D eigenvalue weighted by Crippen LogP contribution is -1.86. The maximum atomic E-state index is 8.87. The third kappa shape index (κ3) is 1.56. The minimum atomic E-state index is 0.295. The van der Waals surface area contributed by atoms with Gasteiger partial charge in [0.2, 0.25) is 5.89 Å². The van der Waals surface area contributed by atoms with Crippen LogP contribution in [-0.4, -0.2) is 4.98 Å². The van der Waals surface area contributed by atoms with Crippen molar-refractivity contribution in [3.8, 4) is 23.6 Å². The van der Waals surface area contributed by atoms with Crippen LogP contribution in [-0.2, 0) is 0 Å². The van der Waals surface area contributed by atoms with E-state index in [4.69, 9.17) is 14.9 Å². The van der Waals surface area contributed by atoms with E-state index in [0.717, 1.165) is 0 Å². The minimum Gasteiger partial charge on any atom is -0.444 e. The Balaban J connectivity index is 2.65. The van der Waals surface area contributed by atoms with E-state index in [1.807, 2.05) is 12.1 Å². The largest absolute Gasteiger partial charge is 0.444 e. The van der Waals surface area contributed by atoms with Crippen LogP contribution >= 0.6 is 0 Å². The van der Waals surface area contributed by atoms with Crippen molar-refractivity contribution in [1.82, 2.24) is 4.98 Å². The summed E-state index contributed by atoms with van der Waals surface area (Å²) in [5.74, 6) is 0.295. The fourth-order valence-corrected chi connectivity index (χ4v) is 1.21. The van der Waals surface area contributed by atoms with Gasteiger partial charge in [-0.15, -0.1) is 0 Å². The summed E-state index contributed by atoms with van der Waals surface area (Å²) in [7, 11) is 0. The second-order valence-corrected chi connectivity index (χ2v) is 2.77. The van der Waals surface area contributed by atoms with Gasteiger partial charge < -0.3 is 4.42 Å². The Morgan fingerprint density at radius 2 is 2.13 bits per heavy atom. The van der Waals surface area contributed by atoms with Crippen molar-refractivity contribution >= 4 is 0 Å². The Bertz CT molecular complexity index is 559. The molecular formula is C11H4N3O. The first-order valence-corrected chi connectivity index (χ1v) is 4.11. The Labute approximate surface area is 86.0 Å². The van der Waals surface area contributed by atoms with E-state index in [1.165, 1.54) is 6.26 Å². The van der Waals surface area contributed by atoms with Crippen molar-refractivity contribution < 1.29 is 4.42 Å². The number of oxazole rings is 1. The molecule has 0 bridgehead atoms. The predicted octanol–water partition coefficient (Wildman–Crippen LogP) is 1.89. The first-order chi connectivity index (χ1) is 7.35. The summed E-state index contributed by atoms with van der Waals surface area (Å²) in [4.78, 5) is 3.82. The van der Waals surface area contributed by atoms with Crippen molar-refractivity contribution in [3.63, 3.8) is 0 Å². The lowest BCUT2D eigenvalue weighted by molar-refractivity contribution is 0.574. The molecule has 2 aromatic rings. The molecule has 0 saturated carbocycles. The van der Waals surface area contributed by atoms with Crippen LogP contribution in [0.3, 0.4) is 0 Å². The van der Waals surface area contributed by atoms with Gasteiger partial charge in [0.1, 0.15) is 12.5 Å². The van der Waals surface area contributed by atoms with E-state index in [0.29, 0.717) is 22.6 Å². The maximum Gasteiger partial charge on any atom is 0.227 e. The summed E-state index contributed by atoms with van der Waals surface area (Å²) in [5.41, 5.74) is 1.39. The Morgan fingerprint density at radius 1 is 1.27 bits per heavy atom. The summed E-state index contributed by atoms with van der Waals surface area (Å²) >= 11 is 0. The molecule has 0 fully saturated rings. The van der Waals surface area contributed by atoms with Crippen LogP contribution in [0.1, 0.15) is 11.1 Å². The first-order valence-electron chi connectivity index (χ1n) is 4.11. The molecule has 69 valence electrons. The molecule has 1 radical (unpaired) electrons. The van der Waals surface area contributed by atoms with Crippen LogP contribution in [0, 0.1) is 28.9 Å². The Morgan fingerprint density at radius 3 is 2.73 bits per heavy atom. The van der Waals surface area contributed by atoms with Crippen LogP contribution in [0.5, 0.6) is 0 Å². The van der Waals surface area contributed by atoms with Crippen LogP contribution in [0.25, 0.3) is 11.5 Å². The molecule has 0 aliphatic rings. The van der Waals surface area contributed by atoms with Gasteiger partial charge in [-0.3, -0.25) is 0 Å². The predicted molar refractivity (Wildman–Crippen MR) is 50.2 cm³/mol. The lowest BCUT2D eigenvalue weighted by atomic mass is 10.1. The highest BCUT2D eigenvalue weighted by Crippen LogP contribution is 2.22. The van der Waals surface area contributed by atoms with Gasteiger partial charge in [0.15, 0.2) is 0 Å². The number of hydrogen-bond donors (Lipinski definition) is 0. The molecule has 4 nitrogen and oxygen atoms in total. The van der Waals surface area contributed by atoms with Gasteiger partial charge in [-0.05, 0) is 18.2 Å². The van der Waals surface area contributed by atoms with Gasteiger partial charge in [0, 0.05) is 0 Å². The van der Waals surface area contributed by atoms with Crippen LogP contribution in [0.4, 0.5) is 0 Å². The maximum absolute atomic E-state index is 8.87. The zero-order valence-electron chi connectivity index (χ0n) is 7.56. The minimum absolute atomic E-state index is 0.295. The van der Waals surface area contributed by atoms with E-state index in [-0.39, 0.29) is 0 Å². The normalized spacial score (nSPS) is 9.20. The molecule has 0 aliphatic heterocycles. The number of nitriles is 2. The number of benzene rings is 1. The van der Waals surface area contributed by atoms with Crippen molar-refractivity contribution in [2.24, 2.45) is 0 Å². The third-order valence-electron chi connectivity index (χ3n) is 1.89. The van der Waals surface area contributed by atoms with Crippen molar-refractivity contribution in [3.05, 3.63) is 41.8 Å². The van der Waals surface area contributed by atoms with Gasteiger partial charge in [-0.25, -0.2) is 4.98 Å². The van der Waals surface area contributed by atoms with E-state index < -0.39 is 0 Å². The van der Waals surface area contributed by atoms with Crippen LogP contribution < -0.4 is 0 Å². The summed E-state index contributed by atoms with van der Waals surface area (Å²) in [5, 5.41) is 17.6. The van der Waals surface area contributed by atoms with Gasteiger partial charge >= 0.3 is 0 Å².